The highest BCUT2D eigenvalue weighted by atomic mass is 19.4. The lowest BCUT2D eigenvalue weighted by atomic mass is 10.0. The molecule has 5 rings (SSSR count). The Balaban J connectivity index is 1.41. The van der Waals surface area contributed by atoms with Crippen LogP contribution in [0.3, 0.4) is 0 Å². The Kier molecular flexibility index (Phi) is 6.92. The minimum absolute atomic E-state index is 0.0166. The van der Waals surface area contributed by atoms with E-state index in [2.05, 4.69) is 15.3 Å². The predicted octanol–water partition coefficient (Wildman–Crippen LogP) is 4.12. The molecule has 1 unspecified atom stereocenters. The minimum Gasteiger partial charge on any atom is -0.497 e. The Labute approximate surface area is 225 Å². The van der Waals surface area contributed by atoms with Crippen LogP contribution in [0.25, 0.3) is 22.0 Å². The third kappa shape index (κ3) is 5.20. The van der Waals surface area contributed by atoms with Crippen molar-refractivity contribution in [2.45, 2.75) is 25.6 Å². The number of rotatable bonds is 6. The number of anilines is 2. The van der Waals surface area contributed by atoms with E-state index in [1.54, 1.807) is 48.4 Å². The number of carbonyl (C=O) groups excluding carboxylic acids is 2. The van der Waals surface area contributed by atoms with E-state index >= 15 is 0 Å². The summed E-state index contributed by atoms with van der Waals surface area (Å²) < 4.78 is 43.6. The second-order valence-corrected chi connectivity index (χ2v) is 9.21. The zero-order valence-electron chi connectivity index (χ0n) is 21.4. The largest absolute Gasteiger partial charge is 0.497 e. The maximum Gasteiger partial charge on any atom is 0.493 e. The van der Waals surface area contributed by atoms with Crippen LogP contribution in [-0.4, -0.2) is 47.7 Å². The van der Waals surface area contributed by atoms with E-state index in [0.717, 1.165) is 11.3 Å². The van der Waals surface area contributed by atoms with Crippen LogP contribution in [0.2, 0.25) is 0 Å². The van der Waals surface area contributed by atoms with E-state index in [9.17, 15) is 27.6 Å². The number of hydrogen-bond donors (Lipinski definition) is 1. The van der Waals surface area contributed by atoms with Gasteiger partial charge in [0.1, 0.15) is 17.5 Å². The Morgan fingerprint density at radius 1 is 1.02 bits per heavy atom. The van der Waals surface area contributed by atoms with Gasteiger partial charge in [0.2, 0.25) is 5.91 Å². The molecule has 40 heavy (non-hydrogen) atoms. The summed E-state index contributed by atoms with van der Waals surface area (Å²) in [5.41, 5.74) is 1.91. The molecular weight excluding hydrogens is 529 g/mol. The standard InChI is InChI=1S/C28H23F3N4O5/c1-16-13-18(15-20(14-16)39-2)32-23-11-12-34(26(23)37)19-9-7-17(8-10-19)24-21-5-3-4-6-22(21)25(36)35(33-24)40-27(38)28(29,30)31/h3-10,13-15,23,32H,11-12H2,1-2H3. The molecule has 2 heterocycles. The van der Waals surface area contributed by atoms with Gasteiger partial charge >= 0.3 is 17.7 Å². The molecular formula is C28H23F3N4O5. The lowest BCUT2D eigenvalue weighted by molar-refractivity contribution is -0.201. The summed E-state index contributed by atoms with van der Waals surface area (Å²) in [6.45, 7) is 2.40. The summed E-state index contributed by atoms with van der Waals surface area (Å²) in [5, 5.41) is 7.55. The first-order chi connectivity index (χ1) is 19.0. The zero-order chi connectivity index (χ0) is 28.6. The molecule has 1 aliphatic heterocycles. The lowest BCUT2D eigenvalue weighted by Gasteiger charge is -2.19. The molecule has 1 aliphatic rings. The number of hydrogen-bond acceptors (Lipinski definition) is 7. The summed E-state index contributed by atoms with van der Waals surface area (Å²) in [6, 6.07) is 18.0. The molecule has 4 aromatic rings. The Bertz CT molecular complexity index is 1670. The number of aromatic nitrogens is 2. The molecule has 1 atom stereocenters. The first kappa shape index (κ1) is 26.7. The van der Waals surface area contributed by atoms with Gasteiger partial charge in [0.15, 0.2) is 0 Å². The van der Waals surface area contributed by atoms with Gasteiger partial charge < -0.3 is 19.8 Å². The van der Waals surface area contributed by atoms with Crippen molar-refractivity contribution in [2.75, 3.05) is 23.9 Å². The van der Waals surface area contributed by atoms with E-state index in [1.165, 1.54) is 12.1 Å². The molecule has 1 N–H and O–H groups in total. The first-order valence-corrected chi connectivity index (χ1v) is 12.2. The van der Waals surface area contributed by atoms with Gasteiger partial charge in [-0.3, -0.25) is 9.59 Å². The van der Waals surface area contributed by atoms with Crippen molar-refractivity contribution in [3.8, 4) is 17.0 Å². The fourth-order valence-electron chi connectivity index (χ4n) is 4.59. The van der Waals surface area contributed by atoms with Crippen LogP contribution in [0.5, 0.6) is 5.75 Å². The number of halogens is 3. The highest BCUT2D eigenvalue weighted by Crippen LogP contribution is 2.30. The van der Waals surface area contributed by atoms with Gasteiger partial charge in [-0.2, -0.15) is 13.2 Å². The van der Waals surface area contributed by atoms with Gasteiger partial charge in [-0.25, -0.2) is 4.79 Å². The number of nitrogens with zero attached hydrogens (tertiary/aromatic N) is 3. The molecule has 3 aromatic carbocycles. The van der Waals surface area contributed by atoms with Crippen LogP contribution >= 0.6 is 0 Å². The van der Waals surface area contributed by atoms with E-state index < -0.39 is 23.7 Å². The second kappa shape index (κ2) is 10.4. The summed E-state index contributed by atoms with van der Waals surface area (Å²) in [7, 11) is 1.58. The average Bonchev–Trinajstić information content (AvgIpc) is 3.29. The van der Waals surface area contributed by atoms with Gasteiger partial charge in [0.25, 0.3) is 0 Å². The van der Waals surface area contributed by atoms with Crippen molar-refractivity contribution >= 4 is 34.0 Å². The summed E-state index contributed by atoms with van der Waals surface area (Å²) in [5.74, 6) is -2.01. The highest BCUT2D eigenvalue weighted by Gasteiger charge is 2.42. The van der Waals surface area contributed by atoms with E-state index in [1.807, 2.05) is 25.1 Å². The summed E-state index contributed by atoms with van der Waals surface area (Å²) in [6.07, 6.45) is -4.74. The third-order valence-corrected chi connectivity index (χ3v) is 6.46. The third-order valence-electron chi connectivity index (χ3n) is 6.46. The number of carbonyl (C=O) groups is 2. The van der Waals surface area contributed by atoms with Crippen molar-refractivity contribution in [3.63, 3.8) is 0 Å². The van der Waals surface area contributed by atoms with Crippen molar-refractivity contribution < 1.29 is 32.3 Å². The topological polar surface area (TPSA) is 103 Å². The molecule has 1 fully saturated rings. The highest BCUT2D eigenvalue weighted by molar-refractivity contribution is 6.01. The van der Waals surface area contributed by atoms with Crippen LogP contribution in [-0.2, 0) is 9.59 Å². The molecule has 0 spiro atoms. The fourth-order valence-corrected chi connectivity index (χ4v) is 4.59. The maximum atomic E-state index is 13.2. The Morgan fingerprint density at radius 2 is 1.73 bits per heavy atom. The number of ether oxygens (including phenoxy) is 1. The SMILES string of the molecule is COc1cc(C)cc(NC2CCN(c3ccc(-c4nn(OC(=O)C(F)(F)F)c(=O)c5ccccc45)cc3)C2=O)c1. The molecule has 9 nitrogen and oxygen atoms in total. The first-order valence-electron chi connectivity index (χ1n) is 12.2. The normalized spacial score (nSPS) is 15.4. The van der Waals surface area contributed by atoms with E-state index in [4.69, 9.17) is 4.74 Å². The smallest absolute Gasteiger partial charge is 0.493 e. The van der Waals surface area contributed by atoms with Gasteiger partial charge in [-0.05, 0) is 54.1 Å². The fraction of sp³-hybridized carbons (Fsp3) is 0.214. The van der Waals surface area contributed by atoms with Gasteiger partial charge in [-0.1, -0.05) is 30.3 Å². The van der Waals surface area contributed by atoms with Crippen LogP contribution in [0.4, 0.5) is 24.5 Å². The van der Waals surface area contributed by atoms with Crippen LogP contribution < -0.4 is 25.4 Å². The van der Waals surface area contributed by atoms with Crippen LogP contribution in [0, 0.1) is 6.92 Å². The maximum absolute atomic E-state index is 13.2. The predicted molar refractivity (Wildman–Crippen MR) is 141 cm³/mol. The molecule has 1 aromatic heterocycles. The van der Waals surface area contributed by atoms with E-state index in [0.29, 0.717) is 35.4 Å². The molecule has 0 saturated carbocycles. The second-order valence-electron chi connectivity index (χ2n) is 9.21. The molecule has 1 amide bonds. The number of benzene rings is 3. The van der Waals surface area contributed by atoms with Crippen molar-refractivity contribution in [1.29, 1.82) is 0 Å². The number of alkyl halides is 3. The molecule has 0 bridgehead atoms. The number of aryl methyl sites for hydroxylation is 1. The molecule has 1 saturated heterocycles. The number of amides is 1. The van der Waals surface area contributed by atoms with Crippen LogP contribution in [0.15, 0.2) is 71.5 Å². The molecule has 0 radical (unpaired) electrons. The quantitative estimate of drug-likeness (QED) is 0.384. The molecule has 12 heteroatoms. The monoisotopic (exact) mass is 552 g/mol. The summed E-state index contributed by atoms with van der Waals surface area (Å²) >= 11 is 0. The molecule has 206 valence electrons. The average molecular weight is 553 g/mol. The number of nitrogens with one attached hydrogen (secondary N) is 1. The minimum atomic E-state index is -5.31. The van der Waals surface area contributed by atoms with Gasteiger partial charge in [-0.15, -0.1) is 5.10 Å². The van der Waals surface area contributed by atoms with E-state index in [-0.39, 0.29) is 21.8 Å². The van der Waals surface area contributed by atoms with Crippen molar-refractivity contribution in [1.82, 2.24) is 9.94 Å². The van der Waals surface area contributed by atoms with Crippen LogP contribution in [0.1, 0.15) is 12.0 Å². The van der Waals surface area contributed by atoms with Crippen molar-refractivity contribution in [3.05, 3.63) is 82.6 Å². The summed E-state index contributed by atoms with van der Waals surface area (Å²) in [4.78, 5) is 43.1. The number of fused-ring (bicyclic) bond motifs is 1. The zero-order valence-corrected chi connectivity index (χ0v) is 21.4. The Hall–Kier alpha value is -4.87. The molecule has 0 aliphatic carbocycles. The van der Waals surface area contributed by atoms with Gasteiger partial charge in [0, 0.05) is 34.9 Å². The Morgan fingerprint density at radius 3 is 2.40 bits per heavy atom. The van der Waals surface area contributed by atoms with Gasteiger partial charge in [0.05, 0.1) is 12.5 Å². The lowest BCUT2D eigenvalue weighted by Crippen LogP contribution is -2.39. The number of methoxy groups -OCH3 is 1. The van der Waals surface area contributed by atoms with Crippen molar-refractivity contribution in [2.24, 2.45) is 0 Å².